The summed E-state index contributed by atoms with van der Waals surface area (Å²) in [5, 5.41) is 7.44. The average molecular weight is 408 g/mol. The number of aromatic nitrogens is 2. The van der Waals surface area contributed by atoms with Crippen LogP contribution in [0.15, 0.2) is 42.7 Å². The molecule has 2 aromatic heterocycles. The van der Waals surface area contributed by atoms with Crippen molar-refractivity contribution >= 4 is 39.0 Å². The van der Waals surface area contributed by atoms with Gasteiger partial charge in [-0.25, -0.2) is 9.97 Å². The Morgan fingerprint density at radius 2 is 1.90 bits per heavy atom. The van der Waals surface area contributed by atoms with E-state index in [1.165, 1.54) is 30.7 Å². The van der Waals surface area contributed by atoms with E-state index in [2.05, 4.69) is 25.5 Å². The van der Waals surface area contributed by atoms with Crippen molar-refractivity contribution in [1.29, 1.82) is 0 Å². The number of carbonyl (C=O) groups is 1. The zero-order valence-electron chi connectivity index (χ0n) is 16.3. The summed E-state index contributed by atoms with van der Waals surface area (Å²) in [6.45, 7) is 3.42. The molecule has 3 aromatic rings. The first-order valence-corrected chi connectivity index (χ1v) is 11.2. The summed E-state index contributed by atoms with van der Waals surface area (Å²) in [5.41, 5.74) is 0.961. The second kappa shape index (κ2) is 8.08. The van der Waals surface area contributed by atoms with Crippen LogP contribution < -0.4 is 10.6 Å². The molecule has 0 spiro atoms. The van der Waals surface area contributed by atoms with Crippen molar-refractivity contribution < 1.29 is 4.79 Å². The third-order valence-corrected chi connectivity index (χ3v) is 6.77. The summed E-state index contributed by atoms with van der Waals surface area (Å²) in [7, 11) is 0. The molecule has 2 aliphatic rings. The normalized spacial score (nSPS) is 18.1. The van der Waals surface area contributed by atoms with E-state index in [0.29, 0.717) is 4.88 Å². The van der Waals surface area contributed by atoms with Crippen LogP contribution in [0, 0.1) is 5.92 Å². The second-order valence-corrected chi connectivity index (χ2v) is 9.07. The number of para-hydroxylation sites is 1. The Bertz CT molecular complexity index is 993. The molecule has 1 amide bonds. The molecule has 3 heterocycles. The van der Waals surface area contributed by atoms with E-state index in [1.807, 2.05) is 36.4 Å². The predicted molar refractivity (Wildman–Crippen MR) is 117 cm³/mol. The Balaban J connectivity index is 1.25. The minimum absolute atomic E-state index is 0.000644. The fraction of sp³-hybridized carbons (Fsp3) is 0.409. The number of piperidine rings is 1. The van der Waals surface area contributed by atoms with Gasteiger partial charge in [-0.2, -0.15) is 0 Å². The molecule has 1 aliphatic heterocycles. The van der Waals surface area contributed by atoms with Crippen molar-refractivity contribution in [2.24, 2.45) is 5.92 Å². The molecule has 1 aromatic carbocycles. The number of hydrogen-bond acceptors (Lipinski definition) is 6. The lowest BCUT2D eigenvalue weighted by molar-refractivity contribution is 0.0914. The van der Waals surface area contributed by atoms with Crippen LogP contribution in [0.5, 0.6) is 0 Å². The van der Waals surface area contributed by atoms with Crippen LogP contribution in [0.1, 0.15) is 35.4 Å². The van der Waals surface area contributed by atoms with Gasteiger partial charge < -0.3 is 15.5 Å². The van der Waals surface area contributed by atoms with Gasteiger partial charge in [0.1, 0.15) is 17.0 Å². The maximum Gasteiger partial charge on any atom is 0.261 e. The summed E-state index contributed by atoms with van der Waals surface area (Å²) in [4.78, 5) is 25.6. The molecule has 2 N–H and O–H groups in total. The molecule has 1 saturated carbocycles. The lowest BCUT2D eigenvalue weighted by atomic mass is 10.0. The van der Waals surface area contributed by atoms with Gasteiger partial charge in [-0.1, -0.05) is 18.2 Å². The van der Waals surface area contributed by atoms with Crippen LogP contribution in [-0.4, -0.2) is 46.5 Å². The maximum absolute atomic E-state index is 12.8. The van der Waals surface area contributed by atoms with Crippen LogP contribution in [0.25, 0.3) is 10.2 Å². The molecule has 0 atom stereocenters. The molecular weight excluding hydrogens is 382 g/mol. The number of thiophene rings is 1. The van der Waals surface area contributed by atoms with E-state index in [-0.39, 0.29) is 11.9 Å². The highest BCUT2D eigenvalue weighted by atomic mass is 32.1. The number of fused-ring (bicyclic) bond motifs is 1. The van der Waals surface area contributed by atoms with E-state index in [9.17, 15) is 4.79 Å². The monoisotopic (exact) mass is 407 g/mol. The van der Waals surface area contributed by atoms with Crippen molar-refractivity contribution in [3.8, 4) is 0 Å². The Morgan fingerprint density at radius 3 is 2.66 bits per heavy atom. The largest absolute Gasteiger partial charge is 0.349 e. The van der Waals surface area contributed by atoms with Gasteiger partial charge in [-0.3, -0.25) is 4.79 Å². The number of amides is 1. The van der Waals surface area contributed by atoms with Gasteiger partial charge >= 0.3 is 0 Å². The van der Waals surface area contributed by atoms with Gasteiger partial charge in [-0.15, -0.1) is 11.3 Å². The lowest BCUT2D eigenvalue weighted by Crippen LogP contribution is -2.45. The highest BCUT2D eigenvalue weighted by Crippen LogP contribution is 2.31. The van der Waals surface area contributed by atoms with Crippen LogP contribution in [0.3, 0.4) is 0 Å². The van der Waals surface area contributed by atoms with E-state index >= 15 is 0 Å². The number of anilines is 2. The zero-order chi connectivity index (χ0) is 19.6. The summed E-state index contributed by atoms with van der Waals surface area (Å²) < 4.78 is 0. The lowest BCUT2D eigenvalue weighted by Gasteiger charge is -2.32. The van der Waals surface area contributed by atoms with Crippen molar-refractivity contribution in [1.82, 2.24) is 20.2 Å². The standard InChI is InChI=1S/C22H25N5OS/c28-21(26-17-8-10-27(11-9-17)13-15-6-7-15)19-12-18-20(23-14-24-22(18)29-19)25-16-4-2-1-3-5-16/h1-5,12,14-15,17H,6-11,13H2,(H,26,28)(H,23,24,25). The number of nitrogens with zero attached hydrogens (tertiary/aromatic N) is 3. The quantitative estimate of drug-likeness (QED) is 0.645. The van der Waals surface area contributed by atoms with E-state index in [1.54, 1.807) is 6.33 Å². The van der Waals surface area contributed by atoms with E-state index < -0.39 is 0 Å². The van der Waals surface area contributed by atoms with Gasteiger partial charge in [0.25, 0.3) is 5.91 Å². The molecular formula is C22H25N5OS. The van der Waals surface area contributed by atoms with Gasteiger partial charge in [-0.05, 0) is 49.8 Å². The highest BCUT2D eigenvalue weighted by Gasteiger charge is 2.28. The molecule has 2 fully saturated rings. The highest BCUT2D eigenvalue weighted by molar-refractivity contribution is 7.20. The summed E-state index contributed by atoms with van der Waals surface area (Å²) >= 11 is 1.42. The topological polar surface area (TPSA) is 70.2 Å². The first-order chi connectivity index (χ1) is 14.2. The van der Waals surface area contributed by atoms with Crippen molar-refractivity contribution in [2.45, 2.75) is 31.7 Å². The number of benzene rings is 1. The number of carbonyl (C=O) groups excluding carboxylic acids is 1. The van der Waals surface area contributed by atoms with Gasteiger partial charge in [0.05, 0.1) is 10.3 Å². The predicted octanol–water partition coefficient (Wildman–Crippen LogP) is 4.04. The van der Waals surface area contributed by atoms with Crippen LogP contribution >= 0.6 is 11.3 Å². The van der Waals surface area contributed by atoms with Crippen LogP contribution in [0.2, 0.25) is 0 Å². The number of nitrogens with one attached hydrogen (secondary N) is 2. The number of likely N-dealkylation sites (tertiary alicyclic amines) is 1. The second-order valence-electron chi connectivity index (χ2n) is 8.03. The summed E-state index contributed by atoms with van der Waals surface area (Å²) in [6.07, 6.45) is 6.40. The molecule has 150 valence electrons. The fourth-order valence-electron chi connectivity index (χ4n) is 3.91. The first kappa shape index (κ1) is 18.5. The average Bonchev–Trinajstić information content (AvgIpc) is 3.44. The summed E-state index contributed by atoms with van der Waals surface area (Å²) in [6, 6.07) is 12.1. The smallest absolute Gasteiger partial charge is 0.261 e. The molecule has 0 unspecified atom stereocenters. The molecule has 1 aliphatic carbocycles. The Hall–Kier alpha value is -2.51. The SMILES string of the molecule is O=C(NC1CCN(CC2CC2)CC1)c1cc2c(Nc3ccccc3)ncnc2s1. The van der Waals surface area contributed by atoms with E-state index in [0.717, 1.165) is 53.6 Å². The van der Waals surface area contributed by atoms with Crippen molar-refractivity contribution in [2.75, 3.05) is 25.0 Å². The Morgan fingerprint density at radius 1 is 1.10 bits per heavy atom. The molecule has 29 heavy (non-hydrogen) atoms. The zero-order valence-corrected chi connectivity index (χ0v) is 17.1. The first-order valence-electron chi connectivity index (χ1n) is 10.3. The van der Waals surface area contributed by atoms with Gasteiger partial charge in [0, 0.05) is 31.4 Å². The molecule has 7 heteroatoms. The molecule has 6 nitrogen and oxygen atoms in total. The number of hydrogen-bond donors (Lipinski definition) is 2. The van der Waals surface area contributed by atoms with Crippen LogP contribution in [0.4, 0.5) is 11.5 Å². The van der Waals surface area contributed by atoms with Gasteiger partial charge in [0.2, 0.25) is 0 Å². The third-order valence-electron chi connectivity index (χ3n) is 5.73. The van der Waals surface area contributed by atoms with Crippen molar-refractivity contribution in [3.63, 3.8) is 0 Å². The Labute approximate surface area is 174 Å². The fourth-order valence-corrected chi connectivity index (χ4v) is 4.81. The van der Waals surface area contributed by atoms with Crippen molar-refractivity contribution in [3.05, 3.63) is 47.6 Å². The molecule has 0 radical (unpaired) electrons. The Kier molecular flexibility index (Phi) is 5.16. The molecule has 0 bridgehead atoms. The minimum Gasteiger partial charge on any atom is -0.349 e. The van der Waals surface area contributed by atoms with Crippen LogP contribution in [-0.2, 0) is 0 Å². The summed E-state index contributed by atoms with van der Waals surface area (Å²) in [5.74, 6) is 1.66. The minimum atomic E-state index is -0.000644. The van der Waals surface area contributed by atoms with Gasteiger partial charge in [0.15, 0.2) is 0 Å². The van der Waals surface area contributed by atoms with E-state index in [4.69, 9.17) is 0 Å². The number of rotatable bonds is 6. The molecule has 1 saturated heterocycles. The molecule has 5 rings (SSSR count). The maximum atomic E-state index is 12.8. The third kappa shape index (κ3) is 4.41.